The number of phenolic OH excluding ortho intramolecular Hbond substituents is 1. The lowest BCUT2D eigenvalue weighted by Crippen LogP contribution is -2.14. The van der Waals surface area contributed by atoms with Gasteiger partial charge < -0.3 is 10.4 Å². The number of nitrogens with zero attached hydrogens (tertiary/aromatic N) is 1. The first-order valence-corrected chi connectivity index (χ1v) is 9.06. The average molecular weight is 350 g/mol. The van der Waals surface area contributed by atoms with Crippen molar-refractivity contribution in [1.29, 1.82) is 0 Å². The van der Waals surface area contributed by atoms with Crippen molar-refractivity contribution in [2.45, 2.75) is 11.3 Å². The molecule has 2 rings (SSSR count). The average Bonchev–Trinajstić information content (AvgIpc) is 2.79. The van der Waals surface area contributed by atoms with Gasteiger partial charge in [-0.2, -0.15) is 3.89 Å². The summed E-state index contributed by atoms with van der Waals surface area (Å²) in [6.07, 6.45) is 9.07. The number of rotatable bonds is 8. The van der Waals surface area contributed by atoms with Crippen LogP contribution in [0, 0.1) is 0 Å². The number of thioether (sulfide) groups is 1. The lowest BCUT2D eigenvalue weighted by molar-refractivity contribution is 0.474. The quantitative estimate of drug-likeness (QED) is 0.402. The van der Waals surface area contributed by atoms with Gasteiger partial charge in [0.05, 0.1) is 5.69 Å². The van der Waals surface area contributed by atoms with Gasteiger partial charge in [0, 0.05) is 40.8 Å². The van der Waals surface area contributed by atoms with Gasteiger partial charge in [-0.05, 0) is 43.5 Å². The van der Waals surface area contributed by atoms with E-state index in [1.165, 1.54) is 5.57 Å². The normalized spacial score (nSPS) is 14.0. The molecule has 1 aromatic carbocycles. The van der Waals surface area contributed by atoms with Crippen molar-refractivity contribution in [1.82, 2.24) is 5.32 Å². The number of allylic oxidation sites excluding steroid dienone is 4. The molecule has 0 heterocycles. The topological polar surface area (TPSA) is 44.6 Å². The van der Waals surface area contributed by atoms with Crippen LogP contribution < -0.4 is 5.32 Å². The predicted octanol–water partition coefficient (Wildman–Crippen LogP) is 4.79. The SMILES string of the molecule is C=Nc1ccc(O)cc1SCC1=CC=C(NCCSF)C=CC1. The van der Waals surface area contributed by atoms with Crippen LogP contribution in [0.25, 0.3) is 0 Å². The van der Waals surface area contributed by atoms with Gasteiger partial charge in [-0.3, -0.25) is 4.99 Å². The van der Waals surface area contributed by atoms with Crippen molar-refractivity contribution in [3.05, 3.63) is 53.8 Å². The standard InChI is InChI=1S/C17H19FN2OS2/c1-19-16-8-7-15(21)11-17(16)22-12-13-3-2-4-14(6-5-13)20-9-10-23-18/h2,4-8,11,20-21H,1,3,9-10,12H2. The number of benzene rings is 1. The zero-order chi connectivity index (χ0) is 16.5. The second-order valence-electron chi connectivity index (χ2n) is 4.89. The fourth-order valence-corrected chi connectivity index (χ4v) is 3.27. The number of nitrogens with one attached hydrogen (secondary N) is 1. The fraction of sp³-hybridized carbons (Fsp3) is 0.235. The minimum absolute atomic E-state index is 0.228. The molecule has 0 aliphatic heterocycles. The number of phenols is 1. The summed E-state index contributed by atoms with van der Waals surface area (Å²) in [5.41, 5.74) is 3.03. The minimum atomic E-state index is 0.228. The molecule has 0 aromatic heterocycles. The largest absolute Gasteiger partial charge is 0.508 e. The summed E-state index contributed by atoms with van der Waals surface area (Å²) >= 11 is 1.97. The van der Waals surface area contributed by atoms with Crippen LogP contribution in [0.15, 0.2) is 63.7 Å². The molecule has 0 spiro atoms. The summed E-state index contributed by atoms with van der Waals surface area (Å²) in [6, 6.07) is 5.08. The first-order chi connectivity index (χ1) is 11.2. The molecule has 122 valence electrons. The van der Waals surface area contributed by atoms with Gasteiger partial charge >= 0.3 is 0 Å². The Bertz CT molecular complexity index is 641. The molecule has 0 amide bonds. The highest BCUT2D eigenvalue weighted by molar-refractivity contribution is 7.99. The van der Waals surface area contributed by atoms with Gasteiger partial charge in [0.1, 0.15) is 5.75 Å². The Hall–Kier alpha value is -1.66. The maximum atomic E-state index is 12.0. The lowest BCUT2D eigenvalue weighted by atomic mass is 10.2. The summed E-state index contributed by atoms with van der Waals surface area (Å²) in [5, 5.41) is 12.8. The summed E-state index contributed by atoms with van der Waals surface area (Å²) in [7, 11) is 0. The maximum absolute atomic E-state index is 12.0. The second kappa shape index (κ2) is 9.47. The van der Waals surface area contributed by atoms with Gasteiger partial charge in [0.25, 0.3) is 0 Å². The van der Waals surface area contributed by atoms with Crippen molar-refractivity contribution >= 4 is 36.3 Å². The van der Waals surface area contributed by atoms with Gasteiger partial charge in [-0.1, -0.05) is 17.7 Å². The molecule has 1 aliphatic rings. The Morgan fingerprint density at radius 1 is 1.35 bits per heavy atom. The van der Waals surface area contributed by atoms with Crippen LogP contribution >= 0.6 is 23.9 Å². The zero-order valence-corrected chi connectivity index (χ0v) is 14.3. The van der Waals surface area contributed by atoms with Gasteiger partial charge in [-0.25, -0.2) is 0 Å². The molecular formula is C17H19FN2OS2. The molecule has 2 N–H and O–H groups in total. The smallest absolute Gasteiger partial charge is 0.116 e. The van der Waals surface area contributed by atoms with Gasteiger partial charge in [0.2, 0.25) is 0 Å². The van der Waals surface area contributed by atoms with Crippen LogP contribution in [0.3, 0.4) is 0 Å². The van der Waals surface area contributed by atoms with Crippen LogP contribution in [-0.4, -0.2) is 29.9 Å². The number of aromatic hydroxyl groups is 1. The summed E-state index contributed by atoms with van der Waals surface area (Å²) < 4.78 is 12.0. The molecule has 1 aliphatic carbocycles. The maximum Gasteiger partial charge on any atom is 0.116 e. The monoisotopic (exact) mass is 350 g/mol. The molecule has 23 heavy (non-hydrogen) atoms. The molecule has 0 radical (unpaired) electrons. The highest BCUT2D eigenvalue weighted by atomic mass is 32.2. The first kappa shape index (κ1) is 17.7. The van der Waals surface area contributed by atoms with Crippen molar-refractivity contribution in [2.24, 2.45) is 4.99 Å². The Kier molecular flexibility index (Phi) is 7.29. The van der Waals surface area contributed by atoms with E-state index in [4.69, 9.17) is 0 Å². The minimum Gasteiger partial charge on any atom is -0.508 e. The van der Waals surface area contributed by atoms with Gasteiger partial charge in [0.15, 0.2) is 0 Å². The van der Waals surface area contributed by atoms with E-state index < -0.39 is 0 Å². The number of hydrogen-bond acceptors (Lipinski definition) is 5. The zero-order valence-electron chi connectivity index (χ0n) is 12.7. The molecule has 3 nitrogen and oxygen atoms in total. The van der Waals surface area contributed by atoms with E-state index in [2.05, 4.69) is 29.2 Å². The Labute approximate surface area is 144 Å². The Morgan fingerprint density at radius 3 is 3.00 bits per heavy atom. The Balaban J connectivity index is 1.97. The third kappa shape index (κ3) is 5.80. The summed E-state index contributed by atoms with van der Waals surface area (Å²) in [5.74, 6) is 1.47. The van der Waals surface area contributed by atoms with Gasteiger partial charge in [-0.15, -0.1) is 11.8 Å². The lowest BCUT2D eigenvalue weighted by Gasteiger charge is -2.07. The highest BCUT2D eigenvalue weighted by Gasteiger charge is 2.06. The molecule has 0 saturated carbocycles. The predicted molar refractivity (Wildman–Crippen MR) is 99.5 cm³/mol. The number of halogens is 1. The molecule has 0 atom stereocenters. The molecule has 0 unspecified atom stereocenters. The Morgan fingerprint density at radius 2 is 2.22 bits per heavy atom. The molecule has 0 fully saturated rings. The molecule has 6 heteroatoms. The van der Waals surface area contributed by atoms with Crippen LogP contribution in [-0.2, 0) is 0 Å². The van der Waals surface area contributed by atoms with Crippen LogP contribution in [0.2, 0.25) is 0 Å². The fourth-order valence-electron chi connectivity index (χ4n) is 2.05. The number of hydrogen-bond donors (Lipinski definition) is 2. The van der Waals surface area contributed by atoms with Crippen LogP contribution in [0.1, 0.15) is 6.42 Å². The highest BCUT2D eigenvalue weighted by Crippen LogP contribution is 2.34. The van der Waals surface area contributed by atoms with Crippen molar-refractivity contribution in [3.8, 4) is 5.75 Å². The van der Waals surface area contributed by atoms with Crippen LogP contribution in [0.5, 0.6) is 5.75 Å². The second-order valence-corrected chi connectivity index (χ2v) is 6.54. The van der Waals surface area contributed by atoms with Crippen molar-refractivity contribution in [2.75, 3.05) is 18.1 Å². The molecule has 0 saturated heterocycles. The van der Waals surface area contributed by atoms with Crippen molar-refractivity contribution in [3.63, 3.8) is 0 Å². The van der Waals surface area contributed by atoms with Crippen molar-refractivity contribution < 1.29 is 8.99 Å². The van der Waals surface area contributed by atoms with E-state index in [9.17, 15) is 8.99 Å². The molecule has 0 bridgehead atoms. The van der Waals surface area contributed by atoms with E-state index >= 15 is 0 Å². The molecule has 1 aromatic rings. The summed E-state index contributed by atoms with van der Waals surface area (Å²) in [4.78, 5) is 4.89. The third-order valence-electron chi connectivity index (χ3n) is 3.21. The number of aliphatic imine (C=N–C) groups is 1. The van der Waals surface area contributed by atoms with E-state index in [0.717, 1.165) is 28.5 Å². The van der Waals surface area contributed by atoms with Crippen LogP contribution in [0.4, 0.5) is 9.57 Å². The van der Waals surface area contributed by atoms with E-state index in [-0.39, 0.29) is 5.75 Å². The van der Waals surface area contributed by atoms with E-state index in [1.54, 1.807) is 30.0 Å². The molecular weight excluding hydrogens is 331 g/mol. The summed E-state index contributed by atoms with van der Waals surface area (Å²) in [6.45, 7) is 4.16. The van der Waals surface area contributed by atoms with E-state index in [0.29, 0.717) is 24.4 Å². The van der Waals surface area contributed by atoms with E-state index in [1.807, 2.05) is 12.2 Å². The third-order valence-corrected chi connectivity index (χ3v) is 4.72. The first-order valence-electron chi connectivity index (χ1n) is 7.19.